The molecule has 1 unspecified atom stereocenters. The molecule has 0 spiro atoms. The van der Waals surface area contributed by atoms with Gasteiger partial charge in [-0.2, -0.15) is 0 Å². The Kier molecular flexibility index (Phi) is 5.31. The van der Waals surface area contributed by atoms with Gasteiger partial charge in [0.1, 0.15) is 12.5 Å². The van der Waals surface area contributed by atoms with E-state index in [0.29, 0.717) is 0 Å². The van der Waals surface area contributed by atoms with Crippen molar-refractivity contribution in [2.24, 2.45) is 0 Å². The molecular formula is C18H18O4. The average molecular weight is 298 g/mol. The Morgan fingerprint density at radius 3 is 1.82 bits per heavy atom. The monoisotopic (exact) mass is 298 g/mol. The number of carboxylic acids is 1. The van der Waals surface area contributed by atoms with Crippen molar-refractivity contribution in [3.05, 3.63) is 71.8 Å². The molecule has 1 atom stereocenters. The van der Waals surface area contributed by atoms with E-state index in [2.05, 4.69) is 0 Å². The predicted octanol–water partition coefficient (Wildman–Crippen LogP) is 3.22. The first-order valence-corrected chi connectivity index (χ1v) is 7.09. The summed E-state index contributed by atoms with van der Waals surface area (Å²) in [6.45, 7) is 1.78. The van der Waals surface area contributed by atoms with Crippen molar-refractivity contribution >= 4 is 11.9 Å². The van der Waals surface area contributed by atoms with Gasteiger partial charge in [0.15, 0.2) is 0 Å². The molecule has 0 aliphatic heterocycles. The fraction of sp³-hybridized carbons (Fsp3) is 0.222. The summed E-state index contributed by atoms with van der Waals surface area (Å²) in [4.78, 5) is 22.2. The number of hydrogen-bond donors (Lipinski definition) is 1. The highest BCUT2D eigenvalue weighted by Gasteiger charge is 2.25. The zero-order valence-electron chi connectivity index (χ0n) is 12.3. The predicted molar refractivity (Wildman–Crippen MR) is 82.5 cm³/mol. The van der Waals surface area contributed by atoms with Crippen LogP contribution in [0.3, 0.4) is 0 Å². The fourth-order valence-electron chi connectivity index (χ4n) is 2.50. The minimum absolute atomic E-state index is 0.139. The number of carboxylic acid groups (broad SMARTS) is 1. The van der Waals surface area contributed by atoms with E-state index in [1.165, 1.54) is 0 Å². The van der Waals surface area contributed by atoms with Crippen molar-refractivity contribution in [2.75, 3.05) is 0 Å². The van der Waals surface area contributed by atoms with Crippen LogP contribution in [0.4, 0.5) is 0 Å². The van der Waals surface area contributed by atoms with Crippen LogP contribution in [-0.4, -0.2) is 23.1 Å². The molecule has 1 N–H and O–H groups in total. The van der Waals surface area contributed by atoms with Gasteiger partial charge in [0.05, 0.1) is 0 Å². The maximum atomic E-state index is 11.6. The van der Waals surface area contributed by atoms with E-state index >= 15 is 0 Å². The second-order valence-electron chi connectivity index (χ2n) is 5.06. The van der Waals surface area contributed by atoms with Crippen LogP contribution in [0.1, 0.15) is 30.4 Å². The molecular weight excluding hydrogens is 280 g/mol. The SMILES string of the molecule is CC(OC(=O)CC(=O)O)C(c1ccccc1)c1ccccc1. The average Bonchev–Trinajstić information content (AvgIpc) is 2.48. The summed E-state index contributed by atoms with van der Waals surface area (Å²) < 4.78 is 5.31. The molecule has 114 valence electrons. The number of esters is 1. The molecule has 0 saturated heterocycles. The smallest absolute Gasteiger partial charge is 0.317 e. The van der Waals surface area contributed by atoms with Crippen LogP contribution < -0.4 is 0 Å². The highest BCUT2D eigenvalue weighted by Crippen LogP contribution is 2.29. The normalized spacial score (nSPS) is 11.9. The Hall–Kier alpha value is -2.62. The summed E-state index contributed by atoms with van der Waals surface area (Å²) in [6, 6.07) is 19.4. The third-order valence-corrected chi connectivity index (χ3v) is 3.40. The topological polar surface area (TPSA) is 63.6 Å². The Balaban J connectivity index is 2.25. The lowest BCUT2D eigenvalue weighted by Gasteiger charge is -2.25. The summed E-state index contributed by atoms with van der Waals surface area (Å²) in [7, 11) is 0. The number of benzene rings is 2. The van der Waals surface area contributed by atoms with Crippen LogP contribution in [0.15, 0.2) is 60.7 Å². The number of ether oxygens (including phenoxy) is 1. The van der Waals surface area contributed by atoms with Gasteiger partial charge < -0.3 is 9.84 Å². The second-order valence-corrected chi connectivity index (χ2v) is 5.06. The zero-order chi connectivity index (χ0) is 15.9. The molecule has 0 bridgehead atoms. The molecule has 0 aliphatic carbocycles. The van der Waals surface area contributed by atoms with E-state index in [9.17, 15) is 9.59 Å². The first-order chi connectivity index (χ1) is 10.6. The molecule has 0 fully saturated rings. The Bertz CT molecular complexity index is 583. The summed E-state index contributed by atoms with van der Waals surface area (Å²) in [6.07, 6.45) is -1.09. The molecule has 2 aromatic rings. The van der Waals surface area contributed by atoms with Crippen molar-refractivity contribution in [2.45, 2.75) is 25.4 Å². The van der Waals surface area contributed by atoms with E-state index < -0.39 is 24.5 Å². The van der Waals surface area contributed by atoms with E-state index in [-0.39, 0.29) is 5.92 Å². The van der Waals surface area contributed by atoms with Crippen molar-refractivity contribution in [3.8, 4) is 0 Å². The lowest BCUT2D eigenvalue weighted by atomic mass is 9.87. The van der Waals surface area contributed by atoms with Gasteiger partial charge in [0.25, 0.3) is 0 Å². The quantitative estimate of drug-likeness (QED) is 0.657. The van der Waals surface area contributed by atoms with E-state index in [0.717, 1.165) is 11.1 Å². The van der Waals surface area contributed by atoms with Crippen molar-refractivity contribution in [1.82, 2.24) is 0 Å². The van der Waals surface area contributed by atoms with Crippen LogP contribution in [0.5, 0.6) is 0 Å². The number of carbonyl (C=O) groups is 2. The first-order valence-electron chi connectivity index (χ1n) is 7.09. The molecule has 0 heterocycles. The highest BCUT2D eigenvalue weighted by molar-refractivity contribution is 5.90. The number of aliphatic carboxylic acids is 1. The maximum absolute atomic E-state index is 11.6. The van der Waals surface area contributed by atoms with Gasteiger partial charge in [-0.05, 0) is 18.1 Å². The lowest BCUT2D eigenvalue weighted by Crippen LogP contribution is -2.24. The van der Waals surface area contributed by atoms with E-state index in [4.69, 9.17) is 9.84 Å². The summed E-state index contributed by atoms with van der Waals surface area (Å²) >= 11 is 0. The van der Waals surface area contributed by atoms with Crippen molar-refractivity contribution in [1.29, 1.82) is 0 Å². The van der Waals surface area contributed by atoms with Gasteiger partial charge >= 0.3 is 11.9 Å². The molecule has 0 amide bonds. The maximum Gasteiger partial charge on any atom is 0.317 e. The van der Waals surface area contributed by atoms with Crippen LogP contribution in [0.2, 0.25) is 0 Å². The van der Waals surface area contributed by atoms with Crippen molar-refractivity contribution in [3.63, 3.8) is 0 Å². The first kappa shape index (κ1) is 15.8. The molecule has 0 aliphatic rings. The van der Waals surface area contributed by atoms with Gasteiger partial charge in [-0.15, -0.1) is 0 Å². The van der Waals surface area contributed by atoms with Crippen LogP contribution in [0.25, 0.3) is 0 Å². The standard InChI is InChI=1S/C18H18O4/c1-13(22-17(21)12-16(19)20)18(14-8-4-2-5-9-14)15-10-6-3-7-11-15/h2-11,13,18H,12H2,1H3,(H,19,20). The molecule has 0 saturated carbocycles. The Labute approximate surface area is 129 Å². The third-order valence-electron chi connectivity index (χ3n) is 3.40. The van der Waals surface area contributed by atoms with Crippen LogP contribution in [0, 0.1) is 0 Å². The van der Waals surface area contributed by atoms with Gasteiger partial charge in [0.2, 0.25) is 0 Å². The van der Waals surface area contributed by atoms with Gasteiger partial charge in [0, 0.05) is 5.92 Å². The molecule has 0 aromatic heterocycles. The zero-order valence-corrected chi connectivity index (χ0v) is 12.3. The highest BCUT2D eigenvalue weighted by atomic mass is 16.5. The Morgan fingerprint density at radius 2 is 1.41 bits per heavy atom. The Morgan fingerprint density at radius 1 is 0.955 bits per heavy atom. The molecule has 2 aromatic carbocycles. The van der Waals surface area contributed by atoms with Gasteiger partial charge in [-0.1, -0.05) is 60.7 Å². The number of rotatable bonds is 6. The number of hydrogen-bond acceptors (Lipinski definition) is 3. The largest absolute Gasteiger partial charge is 0.481 e. The van der Waals surface area contributed by atoms with Crippen molar-refractivity contribution < 1.29 is 19.4 Å². The van der Waals surface area contributed by atoms with E-state index in [1.807, 2.05) is 60.7 Å². The molecule has 4 nitrogen and oxygen atoms in total. The van der Waals surface area contributed by atoms with Crippen LogP contribution in [-0.2, 0) is 14.3 Å². The minimum atomic E-state index is -1.19. The lowest BCUT2D eigenvalue weighted by molar-refractivity contribution is -0.154. The summed E-state index contributed by atoms with van der Waals surface area (Å²) in [5.41, 5.74) is 2.04. The fourth-order valence-corrected chi connectivity index (χ4v) is 2.50. The molecule has 0 radical (unpaired) electrons. The summed E-state index contributed by atoms with van der Waals surface area (Å²) in [5, 5.41) is 8.67. The molecule has 22 heavy (non-hydrogen) atoms. The second kappa shape index (κ2) is 7.41. The van der Waals surface area contributed by atoms with Crippen LogP contribution >= 0.6 is 0 Å². The molecule has 4 heteroatoms. The summed E-state index contributed by atoms with van der Waals surface area (Å²) in [5.74, 6) is -2.05. The number of carbonyl (C=O) groups excluding carboxylic acids is 1. The van der Waals surface area contributed by atoms with Gasteiger partial charge in [-0.3, -0.25) is 9.59 Å². The minimum Gasteiger partial charge on any atom is -0.481 e. The van der Waals surface area contributed by atoms with E-state index in [1.54, 1.807) is 6.92 Å². The third kappa shape index (κ3) is 4.19. The van der Waals surface area contributed by atoms with Gasteiger partial charge in [-0.25, -0.2) is 0 Å². The molecule has 2 rings (SSSR count).